The Balaban J connectivity index is 1.56. The molecule has 176 valence electrons. The second kappa shape index (κ2) is 10.2. The van der Waals surface area contributed by atoms with Gasteiger partial charge in [-0.3, -0.25) is 9.59 Å². The molecule has 2 heterocycles. The molecule has 2 aromatic carbocycles. The average molecular weight is 462 g/mol. The molecule has 0 bridgehead atoms. The molecular formula is C25H27N5O4. The van der Waals surface area contributed by atoms with E-state index in [0.717, 1.165) is 36.1 Å². The van der Waals surface area contributed by atoms with E-state index in [9.17, 15) is 19.5 Å². The Morgan fingerprint density at radius 1 is 1.12 bits per heavy atom. The van der Waals surface area contributed by atoms with Gasteiger partial charge in [-0.1, -0.05) is 42.5 Å². The van der Waals surface area contributed by atoms with Gasteiger partial charge in [0, 0.05) is 18.5 Å². The number of nitrogens with zero attached hydrogens (tertiary/aromatic N) is 2. The highest BCUT2D eigenvalue weighted by molar-refractivity contribution is 5.92. The molecule has 0 aliphatic carbocycles. The van der Waals surface area contributed by atoms with Gasteiger partial charge in [-0.15, -0.1) is 0 Å². The van der Waals surface area contributed by atoms with Crippen molar-refractivity contribution in [1.82, 2.24) is 20.2 Å². The van der Waals surface area contributed by atoms with Gasteiger partial charge in [0.1, 0.15) is 11.9 Å². The molecule has 0 radical (unpaired) electrons. The van der Waals surface area contributed by atoms with E-state index in [-0.39, 0.29) is 18.4 Å². The van der Waals surface area contributed by atoms with Crippen LogP contribution in [0.2, 0.25) is 0 Å². The zero-order valence-electron chi connectivity index (χ0n) is 18.6. The second-order valence-corrected chi connectivity index (χ2v) is 8.36. The summed E-state index contributed by atoms with van der Waals surface area (Å²) in [6.07, 6.45) is 3.16. The van der Waals surface area contributed by atoms with E-state index in [4.69, 9.17) is 5.73 Å². The number of primary amides is 1. The number of nitrogens with two attached hydrogens (primary N) is 1. The molecule has 1 aliphatic rings. The first-order valence-corrected chi connectivity index (χ1v) is 11.2. The number of rotatable bonds is 7. The monoisotopic (exact) mass is 461 g/mol. The van der Waals surface area contributed by atoms with Crippen molar-refractivity contribution in [2.45, 2.75) is 37.8 Å². The number of carbonyl (C=O) groups excluding carboxylic acids is 2. The summed E-state index contributed by atoms with van der Waals surface area (Å²) in [5.74, 6) is -0.164. The summed E-state index contributed by atoms with van der Waals surface area (Å²) in [5, 5.41) is 11.7. The zero-order chi connectivity index (χ0) is 24.1. The van der Waals surface area contributed by atoms with Crippen LogP contribution in [0.15, 0.2) is 60.8 Å². The van der Waals surface area contributed by atoms with Crippen molar-refractivity contribution in [3.63, 3.8) is 0 Å². The van der Waals surface area contributed by atoms with Crippen molar-refractivity contribution < 1.29 is 19.5 Å². The minimum atomic E-state index is -1.27. The quantitative estimate of drug-likeness (QED) is 0.428. The standard InChI is InChI=1S/C25H27N5O4/c26-22(31)18-11-9-16(10-12-18)14-19(29-25(33)34)24(32)30-13-5-4-8-21(30)23-27-15-20(28-23)17-6-2-1-3-7-17/h1-3,6-7,9-12,15,19,21,29H,4-5,8,13-14H2,(H2,26,31)(H,27,28)(H,33,34). The normalized spacial score (nSPS) is 16.6. The van der Waals surface area contributed by atoms with Gasteiger partial charge in [0.15, 0.2) is 0 Å². The van der Waals surface area contributed by atoms with Crippen molar-refractivity contribution in [3.8, 4) is 11.3 Å². The fourth-order valence-corrected chi connectivity index (χ4v) is 4.34. The number of piperidine rings is 1. The molecule has 3 aromatic rings. The molecule has 5 N–H and O–H groups in total. The number of benzene rings is 2. The molecule has 9 nitrogen and oxygen atoms in total. The highest BCUT2D eigenvalue weighted by atomic mass is 16.4. The van der Waals surface area contributed by atoms with Crippen LogP contribution in [0.4, 0.5) is 4.79 Å². The Labute approximate surface area is 197 Å². The third-order valence-corrected chi connectivity index (χ3v) is 6.06. The maximum absolute atomic E-state index is 13.6. The topological polar surface area (TPSA) is 141 Å². The summed E-state index contributed by atoms with van der Waals surface area (Å²) in [7, 11) is 0. The molecule has 2 atom stereocenters. The Morgan fingerprint density at radius 2 is 1.85 bits per heavy atom. The molecule has 0 spiro atoms. The van der Waals surface area contributed by atoms with E-state index in [0.29, 0.717) is 17.9 Å². The number of hydrogen-bond donors (Lipinski definition) is 4. The van der Waals surface area contributed by atoms with Crippen LogP contribution < -0.4 is 11.1 Å². The highest BCUT2D eigenvalue weighted by Crippen LogP contribution is 2.31. The van der Waals surface area contributed by atoms with Gasteiger partial charge in [-0.25, -0.2) is 9.78 Å². The fourth-order valence-electron chi connectivity index (χ4n) is 4.34. The van der Waals surface area contributed by atoms with Crippen molar-refractivity contribution in [3.05, 3.63) is 77.7 Å². The van der Waals surface area contributed by atoms with Crippen LogP contribution in [0.5, 0.6) is 0 Å². The minimum Gasteiger partial charge on any atom is -0.465 e. The Bertz CT molecular complexity index is 1160. The van der Waals surface area contributed by atoms with E-state index in [1.807, 2.05) is 30.3 Å². The summed E-state index contributed by atoms with van der Waals surface area (Å²) >= 11 is 0. The summed E-state index contributed by atoms with van der Waals surface area (Å²) in [5.41, 5.74) is 8.22. The van der Waals surface area contributed by atoms with Crippen LogP contribution in [0, 0.1) is 0 Å². The Kier molecular flexibility index (Phi) is 6.91. The first kappa shape index (κ1) is 23.0. The molecule has 1 aromatic heterocycles. The predicted molar refractivity (Wildman–Crippen MR) is 126 cm³/mol. The van der Waals surface area contributed by atoms with E-state index in [1.54, 1.807) is 35.4 Å². The maximum atomic E-state index is 13.6. The molecule has 0 saturated carbocycles. The van der Waals surface area contributed by atoms with Crippen LogP contribution in [-0.2, 0) is 11.2 Å². The fraction of sp³-hybridized carbons (Fsp3) is 0.280. The van der Waals surface area contributed by atoms with E-state index in [2.05, 4.69) is 15.3 Å². The molecule has 1 saturated heterocycles. The average Bonchev–Trinajstić information content (AvgIpc) is 3.34. The van der Waals surface area contributed by atoms with Crippen LogP contribution in [-0.4, -0.2) is 50.5 Å². The number of aromatic nitrogens is 2. The molecular weight excluding hydrogens is 434 g/mol. The number of imidazole rings is 1. The first-order valence-electron chi connectivity index (χ1n) is 11.2. The smallest absolute Gasteiger partial charge is 0.405 e. The maximum Gasteiger partial charge on any atom is 0.405 e. The lowest BCUT2D eigenvalue weighted by Crippen LogP contribution is -2.51. The summed E-state index contributed by atoms with van der Waals surface area (Å²) in [6.45, 7) is 0.517. The van der Waals surface area contributed by atoms with Gasteiger partial charge in [-0.05, 0) is 42.5 Å². The summed E-state index contributed by atoms with van der Waals surface area (Å²) in [6, 6.07) is 15.1. The number of nitrogens with one attached hydrogen (secondary N) is 2. The van der Waals surface area contributed by atoms with Gasteiger partial charge in [0.25, 0.3) is 0 Å². The third kappa shape index (κ3) is 5.25. The molecule has 9 heteroatoms. The number of carboxylic acid groups (broad SMARTS) is 1. The van der Waals surface area contributed by atoms with E-state index >= 15 is 0 Å². The van der Waals surface area contributed by atoms with Crippen molar-refractivity contribution >= 4 is 17.9 Å². The van der Waals surface area contributed by atoms with E-state index < -0.39 is 18.0 Å². The zero-order valence-corrected chi connectivity index (χ0v) is 18.6. The lowest BCUT2D eigenvalue weighted by atomic mass is 9.98. The predicted octanol–water partition coefficient (Wildman–Crippen LogP) is 3.11. The van der Waals surface area contributed by atoms with Gasteiger partial charge in [0.2, 0.25) is 11.8 Å². The van der Waals surface area contributed by atoms with Gasteiger partial charge < -0.3 is 26.0 Å². The lowest BCUT2D eigenvalue weighted by Gasteiger charge is -2.36. The van der Waals surface area contributed by atoms with Crippen molar-refractivity contribution in [2.24, 2.45) is 5.73 Å². The summed E-state index contributed by atoms with van der Waals surface area (Å²) < 4.78 is 0. The molecule has 2 unspecified atom stereocenters. The first-order chi connectivity index (χ1) is 16.4. The number of hydrogen-bond acceptors (Lipinski definition) is 4. The molecule has 3 amide bonds. The number of aromatic amines is 1. The SMILES string of the molecule is NC(=O)c1ccc(CC(NC(=O)O)C(=O)N2CCCCC2c2ncc(-c3ccccc3)[nH]2)cc1. The molecule has 1 aliphatic heterocycles. The van der Waals surface area contributed by atoms with Crippen molar-refractivity contribution in [1.29, 1.82) is 0 Å². The number of H-pyrrole nitrogens is 1. The van der Waals surface area contributed by atoms with Gasteiger partial charge in [0.05, 0.1) is 17.9 Å². The Morgan fingerprint density at radius 3 is 2.53 bits per heavy atom. The summed E-state index contributed by atoms with van der Waals surface area (Å²) in [4.78, 5) is 46.0. The third-order valence-electron chi connectivity index (χ3n) is 6.06. The van der Waals surface area contributed by atoms with Gasteiger partial charge in [-0.2, -0.15) is 0 Å². The second-order valence-electron chi connectivity index (χ2n) is 8.36. The Hall–Kier alpha value is -4.14. The number of carbonyl (C=O) groups is 3. The van der Waals surface area contributed by atoms with Crippen LogP contribution in [0.25, 0.3) is 11.3 Å². The van der Waals surface area contributed by atoms with E-state index in [1.165, 1.54) is 0 Å². The van der Waals surface area contributed by atoms with Crippen LogP contribution in [0.1, 0.15) is 47.1 Å². The highest BCUT2D eigenvalue weighted by Gasteiger charge is 2.34. The van der Waals surface area contributed by atoms with Crippen LogP contribution >= 0.6 is 0 Å². The lowest BCUT2D eigenvalue weighted by molar-refractivity contribution is -0.137. The molecule has 34 heavy (non-hydrogen) atoms. The van der Waals surface area contributed by atoms with Crippen LogP contribution in [0.3, 0.4) is 0 Å². The minimum absolute atomic E-state index is 0.154. The van der Waals surface area contributed by atoms with Crippen molar-refractivity contribution in [2.75, 3.05) is 6.54 Å². The number of likely N-dealkylation sites (tertiary alicyclic amines) is 1. The largest absolute Gasteiger partial charge is 0.465 e. The van der Waals surface area contributed by atoms with Gasteiger partial charge >= 0.3 is 6.09 Å². The number of amides is 3. The molecule has 1 fully saturated rings. The molecule has 4 rings (SSSR count).